The van der Waals surface area contributed by atoms with E-state index in [9.17, 15) is 13.2 Å². The molecule has 1 saturated carbocycles. The molecule has 0 heterocycles. The zero-order valence-electron chi connectivity index (χ0n) is 12.2. The van der Waals surface area contributed by atoms with Gasteiger partial charge in [-0.05, 0) is 36.5 Å². The standard InChI is InChI=1S/C14H18ClNO4S/c1-9-6-10(9)8-16(2)14(17)12-7-11(21(15,18)19)4-5-13(12)20-3/h4-5,7,9-10H,6,8H2,1-3H3. The Morgan fingerprint density at radius 1 is 1.48 bits per heavy atom. The predicted molar refractivity (Wildman–Crippen MR) is 80.3 cm³/mol. The van der Waals surface area contributed by atoms with Gasteiger partial charge in [0.15, 0.2) is 0 Å². The van der Waals surface area contributed by atoms with Crippen LogP contribution in [0.2, 0.25) is 0 Å². The molecule has 2 unspecified atom stereocenters. The molecule has 5 nitrogen and oxygen atoms in total. The number of benzene rings is 1. The minimum absolute atomic E-state index is 0.110. The largest absolute Gasteiger partial charge is 0.496 e. The van der Waals surface area contributed by atoms with Crippen molar-refractivity contribution < 1.29 is 17.9 Å². The summed E-state index contributed by atoms with van der Waals surface area (Å²) in [7, 11) is 4.58. The van der Waals surface area contributed by atoms with Gasteiger partial charge in [-0.25, -0.2) is 8.42 Å². The van der Waals surface area contributed by atoms with Crippen LogP contribution in [0, 0.1) is 11.8 Å². The molecule has 1 amide bonds. The third-order valence-corrected chi connectivity index (χ3v) is 5.17. The fourth-order valence-corrected chi connectivity index (χ4v) is 3.08. The quantitative estimate of drug-likeness (QED) is 0.777. The number of nitrogens with zero attached hydrogens (tertiary/aromatic N) is 1. The van der Waals surface area contributed by atoms with Gasteiger partial charge in [0.25, 0.3) is 15.0 Å². The van der Waals surface area contributed by atoms with Crippen molar-refractivity contribution >= 4 is 25.6 Å². The number of carbonyl (C=O) groups excluding carboxylic acids is 1. The lowest BCUT2D eigenvalue weighted by atomic mass is 10.1. The maximum atomic E-state index is 12.5. The molecular weight excluding hydrogens is 314 g/mol. The van der Waals surface area contributed by atoms with Crippen molar-refractivity contribution in [3.8, 4) is 5.75 Å². The molecule has 21 heavy (non-hydrogen) atoms. The second-order valence-electron chi connectivity index (χ2n) is 5.46. The van der Waals surface area contributed by atoms with E-state index < -0.39 is 9.05 Å². The number of carbonyl (C=O) groups is 1. The molecule has 2 rings (SSSR count). The summed E-state index contributed by atoms with van der Waals surface area (Å²) < 4.78 is 28.0. The van der Waals surface area contributed by atoms with Crippen LogP contribution in [-0.2, 0) is 9.05 Å². The van der Waals surface area contributed by atoms with Crippen LogP contribution in [0.3, 0.4) is 0 Å². The molecule has 0 aliphatic heterocycles. The van der Waals surface area contributed by atoms with Crippen LogP contribution in [0.1, 0.15) is 23.7 Å². The summed E-state index contributed by atoms with van der Waals surface area (Å²) in [4.78, 5) is 14.0. The first-order valence-corrected chi connectivity index (χ1v) is 8.93. The number of rotatable bonds is 5. The van der Waals surface area contributed by atoms with E-state index in [1.165, 1.54) is 25.3 Å². The van der Waals surface area contributed by atoms with Gasteiger partial charge in [-0.2, -0.15) is 0 Å². The Labute approximate surface area is 129 Å². The summed E-state index contributed by atoms with van der Waals surface area (Å²) in [6.07, 6.45) is 1.12. The zero-order valence-corrected chi connectivity index (χ0v) is 13.7. The highest BCUT2D eigenvalue weighted by molar-refractivity contribution is 8.13. The molecule has 1 fully saturated rings. The maximum absolute atomic E-state index is 12.5. The molecule has 7 heteroatoms. The number of halogens is 1. The van der Waals surface area contributed by atoms with Crippen LogP contribution in [0.4, 0.5) is 0 Å². The van der Waals surface area contributed by atoms with Gasteiger partial charge in [-0.1, -0.05) is 6.92 Å². The molecule has 1 aliphatic rings. The van der Waals surface area contributed by atoms with Gasteiger partial charge < -0.3 is 9.64 Å². The number of ether oxygens (including phenoxy) is 1. The molecule has 1 aliphatic carbocycles. The lowest BCUT2D eigenvalue weighted by Gasteiger charge is -2.19. The normalized spacial score (nSPS) is 21.0. The van der Waals surface area contributed by atoms with Gasteiger partial charge in [0.05, 0.1) is 17.6 Å². The minimum Gasteiger partial charge on any atom is -0.496 e. The molecule has 2 atom stereocenters. The third kappa shape index (κ3) is 3.68. The molecule has 0 spiro atoms. The predicted octanol–water partition coefficient (Wildman–Crippen LogP) is 2.35. The van der Waals surface area contributed by atoms with E-state index in [-0.39, 0.29) is 16.4 Å². The molecule has 0 saturated heterocycles. The summed E-state index contributed by atoms with van der Waals surface area (Å²) in [6.45, 7) is 2.80. The van der Waals surface area contributed by atoms with Gasteiger partial charge in [0.2, 0.25) is 0 Å². The van der Waals surface area contributed by atoms with Crippen molar-refractivity contribution in [3.63, 3.8) is 0 Å². The average Bonchev–Trinajstić information content (AvgIpc) is 3.11. The van der Waals surface area contributed by atoms with Crippen molar-refractivity contribution in [3.05, 3.63) is 23.8 Å². The van der Waals surface area contributed by atoms with Crippen LogP contribution in [-0.4, -0.2) is 39.9 Å². The number of amides is 1. The smallest absolute Gasteiger partial charge is 0.261 e. The van der Waals surface area contributed by atoms with Gasteiger partial charge >= 0.3 is 0 Å². The Morgan fingerprint density at radius 3 is 2.57 bits per heavy atom. The molecule has 116 valence electrons. The van der Waals surface area contributed by atoms with Crippen molar-refractivity contribution in [1.82, 2.24) is 4.90 Å². The van der Waals surface area contributed by atoms with E-state index in [1.807, 2.05) is 0 Å². The van der Waals surface area contributed by atoms with E-state index >= 15 is 0 Å². The van der Waals surface area contributed by atoms with Crippen molar-refractivity contribution in [2.24, 2.45) is 11.8 Å². The van der Waals surface area contributed by atoms with Gasteiger partial charge in [0, 0.05) is 24.3 Å². The van der Waals surface area contributed by atoms with E-state index in [0.29, 0.717) is 24.1 Å². The van der Waals surface area contributed by atoms with Gasteiger partial charge in [0.1, 0.15) is 5.75 Å². The molecule has 0 bridgehead atoms. The topological polar surface area (TPSA) is 63.7 Å². The average molecular weight is 332 g/mol. The summed E-state index contributed by atoms with van der Waals surface area (Å²) >= 11 is 0. The first-order valence-electron chi connectivity index (χ1n) is 6.62. The van der Waals surface area contributed by atoms with Crippen LogP contribution >= 0.6 is 10.7 Å². The Hall–Kier alpha value is -1.27. The Balaban J connectivity index is 2.29. The summed E-state index contributed by atoms with van der Waals surface area (Å²) in [5.74, 6) is 1.22. The Morgan fingerprint density at radius 2 is 2.10 bits per heavy atom. The van der Waals surface area contributed by atoms with Gasteiger partial charge in [-0.3, -0.25) is 4.79 Å². The van der Waals surface area contributed by atoms with Gasteiger partial charge in [-0.15, -0.1) is 0 Å². The van der Waals surface area contributed by atoms with E-state index in [0.717, 1.165) is 6.42 Å². The number of hydrogen-bond acceptors (Lipinski definition) is 4. The second kappa shape index (κ2) is 5.85. The third-order valence-electron chi connectivity index (χ3n) is 3.81. The highest BCUT2D eigenvalue weighted by Crippen LogP contribution is 2.38. The van der Waals surface area contributed by atoms with Crippen molar-refractivity contribution in [1.29, 1.82) is 0 Å². The van der Waals surface area contributed by atoms with Crippen LogP contribution in [0.5, 0.6) is 5.75 Å². The number of hydrogen-bond donors (Lipinski definition) is 0. The van der Waals surface area contributed by atoms with Crippen LogP contribution < -0.4 is 4.74 Å². The zero-order chi connectivity index (χ0) is 15.8. The maximum Gasteiger partial charge on any atom is 0.261 e. The fraction of sp³-hybridized carbons (Fsp3) is 0.500. The van der Waals surface area contributed by atoms with Crippen molar-refractivity contribution in [2.75, 3.05) is 20.7 Å². The molecule has 0 aromatic heterocycles. The summed E-state index contributed by atoms with van der Waals surface area (Å²) in [5, 5.41) is 0. The SMILES string of the molecule is COc1ccc(S(=O)(=O)Cl)cc1C(=O)N(C)CC1CC1C. The Bertz CT molecular complexity index is 659. The molecule has 0 radical (unpaired) electrons. The monoisotopic (exact) mass is 331 g/mol. The second-order valence-corrected chi connectivity index (χ2v) is 8.02. The van der Waals surface area contributed by atoms with Crippen LogP contribution in [0.15, 0.2) is 23.1 Å². The summed E-state index contributed by atoms with van der Waals surface area (Å²) in [5.41, 5.74) is 0.204. The Kier molecular flexibility index (Phi) is 4.49. The summed E-state index contributed by atoms with van der Waals surface area (Å²) in [6, 6.07) is 4.02. The fourth-order valence-electron chi connectivity index (χ4n) is 2.30. The van der Waals surface area contributed by atoms with Crippen molar-refractivity contribution in [2.45, 2.75) is 18.2 Å². The molecule has 1 aromatic carbocycles. The lowest BCUT2D eigenvalue weighted by Crippen LogP contribution is -2.29. The van der Waals surface area contributed by atoms with Crippen LogP contribution in [0.25, 0.3) is 0 Å². The highest BCUT2D eigenvalue weighted by Gasteiger charge is 2.34. The molecule has 1 aromatic rings. The number of methoxy groups -OCH3 is 1. The van der Waals surface area contributed by atoms with E-state index in [4.69, 9.17) is 15.4 Å². The van der Waals surface area contributed by atoms with E-state index in [1.54, 1.807) is 11.9 Å². The first kappa shape index (κ1) is 16.1. The minimum atomic E-state index is -3.88. The first-order chi connectivity index (χ1) is 9.74. The molecule has 0 N–H and O–H groups in total. The highest BCUT2D eigenvalue weighted by atomic mass is 35.7. The molecular formula is C14H18ClNO4S. The van der Waals surface area contributed by atoms with E-state index in [2.05, 4.69) is 6.92 Å². The lowest BCUT2D eigenvalue weighted by molar-refractivity contribution is 0.0783.